The lowest BCUT2D eigenvalue weighted by molar-refractivity contribution is -0.274. The number of carbonyl (C=O) groups excluding carboxylic acids is 1. The van der Waals surface area contributed by atoms with E-state index in [0.29, 0.717) is 16.6 Å². The van der Waals surface area contributed by atoms with Crippen LogP contribution in [0.3, 0.4) is 0 Å². The summed E-state index contributed by atoms with van der Waals surface area (Å²) in [6.45, 7) is 2.05. The van der Waals surface area contributed by atoms with Crippen LogP contribution in [0.25, 0.3) is 10.9 Å². The molecule has 0 bridgehead atoms. The quantitative estimate of drug-likeness (QED) is 0.296. The van der Waals surface area contributed by atoms with Crippen LogP contribution >= 0.6 is 11.6 Å². The number of nitrogens with zero attached hydrogens (tertiary/aromatic N) is 1. The lowest BCUT2D eigenvalue weighted by atomic mass is 10.0. The maximum absolute atomic E-state index is 13.2. The van der Waals surface area contributed by atoms with E-state index in [1.165, 1.54) is 24.3 Å². The van der Waals surface area contributed by atoms with Crippen molar-refractivity contribution in [3.63, 3.8) is 0 Å². The summed E-state index contributed by atoms with van der Waals surface area (Å²) in [6, 6.07) is 17.0. The number of rotatable bonds is 7. The number of carbonyl (C=O) groups is 2. The maximum atomic E-state index is 13.2. The SMILES string of the molecule is C[C@H](NC(=O)c1cccc2ccn(Cc3ccc(OC(F)(F)F)c(Cl)c3)c12)c1ccc(C(=O)O)cc1. The van der Waals surface area contributed by atoms with Gasteiger partial charge in [0, 0.05) is 18.1 Å². The number of para-hydroxylation sites is 1. The number of ether oxygens (including phenoxy) is 1. The zero-order chi connectivity index (χ0) is 26.0. The molecule has 0 saturated heterocycles. The molecule has 4 rings (SSSR count). The van der Waals surface area contributed by atoms with Crippen molar-refractivity contribution in [2.45, 2.75) is 25.9 Å². The molecular weight excluding hydrogens is 497 g/mol. The first-order valence-corrected chi connectivity index (χ1v) is 11.2. The Morgan fingerprint density at radius 2 is 1.81 bits per heavy atom. The van der Waals surface area contributed by atoms with Crippen LogP contribution in [-0.2, 0) is 6.54 Å². The topological polar surface area (TPSA) is 80.6 Å². The zero-order valence-corrected chi connectivity index (χ0v) is 19.6. The molecule has 36 heavy (non-hydrogen) atoms. The molecule has 0 fully saturated rings. The number of nitrogens with one attached hydrogen (secondary N) is 1. The maximum Gasteiger partial charge on any atom is 0.573 e. The van der Waals surface area contributed by atoms with E-state index in [9.17, 15) is 22.8 Å². The van der Waals surface area contributed by atoms with Crippen molar-refractivity contribution in [3.8, 4) is 5.75 Å². The first-order chi connectivity index (χ1) is 17.0. The molecule has 0 aliphatic heterocycles. The molecule has 1 aromatic heterocycles. The van der Waals surface area contributed by atoms with Crippen LogP contribution in [0.1, 0.15) is 44.8 Å². The highest BCUT2D eigenvalue weighted by atomic mass is 35.5. The van der Waals surface area contributed by atoms with Gasteiger partial charge in [-0.25, -0.2) is 4.79 Å². The normalized spacial score (nSPS) is 12.4. The fourth-order valence-electron chi connectivity index (χ4n) is 3.90. The molecule has 0 aliphatic carbocycles. The molecule has 2 N–H and O–H groups in total. The molecule has 0 aliphatic rings. The molecule has 4 aromatic rings. The molecular formula is C26H20ClF3N2O4. The predicted molar refractivity (Wildman–Crippen MR) is 128 cm³/mol. The first kappa shape index (κ1) is 25.1. The van der Waals surface area contributed by atoms with Gasteiger partial charge in [-0.1, -0.05) is 41.9 Å². The summed E-state index contributed by atoms with van der Waals surface area (Å²) >= 11 is 5.99. The molecule has 1 atom stereocenters. The number of carboxylic acid groups (broad SMARTS) is 1. The Kier molecular flexibility index (Phi) is 6.94. The Balaban J connectivity index is 1.57. The summed E-state index contributed by atoms with van der Waals surface area (Å²) in [6.07, 6.45) is -3.07. The number of alkyl halides is 3. The van der Waals surface area contributed by atoms with E-state index >= 15 is 0 Å². The minimum absolute atomic E-state index is 0.151. The number of benzene rings is 3. The second-order valence-corrected chi connectivity index (χ2v) is 8.53. The fraction of sp³-hybridized carbons (Fsp3) is 0.154. The number of hydrogen-bond donors (Lipinski definition) is 2. The van der Waals surface area contributed by atoms with Crippen molar-refractivity contribution in [2.24, 2.45) is 0 Å². The van der Waals surface area contributed by atoms with Gasteiger partial charge in [0.2, 0.25) is 0 Å². The molecule has 1 heterocycles. The first-order valence-electron chi connectivity index (χ1n) is 10.8. The minimum Gasteiger partial charge on any atom is -0.478 e. The van der Waals surface area contributed by atoms with Crippen LogP contribution in [0.4, 0.5) is 13.2 Å². The van der Waals surface area contributed by atoms with Gasteiger partial charge < -0.3 is 19.7 Å². The monoisotopic (exact) mass is 516 g/mol. The average molecular weight is 517 g/mol. The molecule has 10 heteroatoms. The van der Waals surface area contributed by atoms with Crippen molar-refractivity contribution in [1.82, 2.24) is 9.88 Å². The molecule has 0 spiro atoms. The molecule has 3 aromatic carbocycles. The Labute approximate surface area is 208 Å². The molecule has 0 radical (unpaired) electrons. The van der Waals surface area contributed by atoms with E-state index < -0.39 is 18.1 Å². The van der Waals surface area contributed by atoms with E-state index in [2.05, 4.69) is 10.1 Å². The molecule has 1 amide bonds. The van der Waals surface area contributed by atoms with Gasteiger partial charge in [0.15, 0.2) is 0 Å². The van der Waals surface area contributed by atoms with Gasteiger partial charge in [0.05, 0.1) is 27.7 Å². The Morgan fingerprint density at radius 1 is 1.08 bits per heavy atom. The van der Waals surface area contributed by atoms with E-state index in [-0.39, 0.29) is 29.1 Å². The van der Waals surface area contributed by atoms with Crippen LogP contribution in [0, 0.1) is 0 Å². The lowest BCUT2D eigenvalue weighted by Gasteiger charge is -2.16. The van der Waals surface area contributed by atoms with Gasteiger partial charge >= 0.3 is 12.3 Å². The number of aromatic nitrogens is 1. The van der Waals surface area contributed by atoms with Crippen molar-refractivity contribution < 1.29 is 32.6 Å². The van der Waals surface area contributed by atoms with Gasteiger partial charge in [-0.15, -0.1) is 13.2 Å². The summed E-state index contributed by atoms with van der Waals surface area (Å²) in [5.74, 6) is -1.85. The van der Waals surface area contributed by atoms with Gasteiger partial charge in [-0.05, 0) is 54.4 Å². The van der Waals surface area contributed by atoms with Crippen LogP contribution < -0.4 is 10.1 Å². The highest BCUT2D eigenvalue weighted by molar-refractivity contribution is 6.32. The predicted octanol–water partition coefficient (Wildman–Crippen LogP) is 6.43. The van der Waals surface area contributed by atoms with E-state index in [4.69, 9.17) is 16.7 Å². The Bertz CT molecular complexity index is 1430. The Hall–Kier alpha value is -3.98. The zero-order valence-electron chi connectivity index (χ0n) is 18.8. The van der Waals surface area contributed by atoms with E-state index in [1.807, 2.05) is 16.7 Å². The van der Waals surface area contributed by atoms with Crippen LogP contribution in [0.15, 0.2) is 72.9 Å². The lowest BCUT2D eigenvalue weighted by Crippen LogP contribution is -2.27. The number of hydrogen-bond acceptors (Lipinski definition) is 3. The number of carboxylic acids is 1. The standard InChI is InChI=1S/C26H20ClF3N2O4/c1-15(17-6-8-19(9-7-17)25(34)35)31-24(33)20-4-2-3-18-11-12-32(23(18)20)14-16-5-10-22(21(27)13-16)36-26(28,29)30/h2-13,15H,14H2,1H3,(H,31,33)(H,34,35)/t15-/m0/s1. The summed E-state index contributed by atoms with van der Waals surface area (Å²) < 4.78 is 43.3. The third-order valence-electron chi connectivity index (χ3n) is 5.61. The molecule has 186 valence electrons. The van der Waals surface area contributed by atoms with E-state index in [1.54, 1.807) is 37.4 Å². The second kappa shape index (κ2) is 9.94. The van der Waals surface area contributed by atoms with Gasteiger partial charge in [-0.3, -0.25) is 4.79 Å². The number of halogens is 4. The Morgan fingerprint density at radius 3 is 2.44 bits per heavy atom. The third kappa shape index (κ3) is 5.63. The summed E-state index contributed by atoms with van der Waals surface area (Å²) in [5, 5.41) is 12.6. The van der Waals surface area contributed by atoms with Crippen molar-refractivity contribution in [3.05, 3.63) is 100 Å². The number of aromatic carboxylic acids is 1. The average Bonchev–Trinajstić information content (AvgIpc) is 3.23. The van der Waals surface area contributed by atoms with Crippen LogP contribution in [0.5, 0.6) is 5.75 Å². The van der Waals surface area contributed by atoms with Crippen molar-refractivity contribution in [1.29, 1.82) is 0 Å². The van der Waals surface area contributed by atoms with Crippen LogP contribution in [0.2, 0.25) is 5.02 Å². The van der Waals surface area contributed by atoms with Gasteiger partial charge in [0.1, 0.15) is 5.75 Å². The van der Waals surface area contributed by atoms with Gasteiger partial charge in [0.25, 0.3) is 5.91 Å². The smallest absolute Gasteiger partial charge is 0.478 e. The van der Waals surface area contributed by atoms with Crippen molar-refractivity contribution >= 4 is 34.4 Å². The largest absolute Gasteiger partial charge is 0.573 e. The molecule has 0 saturated carbocycles. The van der Waals surface area contributed by atoms with Crippen LogP contribution in [-0.4, -0.2) is 27.9 Å². The summed E-state index contributed by atoms with van der Waals surface area (Å²) in [5.41, 5.74) is 2.57. The highest BCUT2D eigenvalue weighted by Crippen LogP contribution is 2.31. The molecule has 6 nitrogen and oxygen atoms in total. The van der Waals surface area contributed by atoms with Crippen molar-refractivity contribution in [2.75, 3.05) is 0 Å². The third-order valence-corrected chi connectivity index (χ3v) is 5.91. The summed E-state index contributed by atoms with van der Waals surface area (Å²) in [7, 11) is 0. The summed E-state index contributed by atoms with van der Waals surface area (Å²) in [4.78, 5) is 24.3. The molecule has 0 unspecified atom stereocenters. The number of fused-ring (bicyclic) bond motifs is 1. The second-order valence-electron chi connectivity index (χ2n) is 8.12. The van der Waals surface area contributed by atoms with E-state index in [0.717, 1.165) is 17.0 Å². The van der Waals surface area contributed by atoms with Gasteiger partial charge in [-0.2, -0.15) is 0 Å². The fourth-order valence-corrected chi connectivity index (χ4v) is 4.14. The number of amides is 1. The minimum atomic E-state index is -4.85. The highest BCUT2D eigenvalue weighted by Gasteiger charge is 2.32.